The molecule has 0 aliphatic heterocycles. The topological polar surface area (TPSA) is 138 Å². The number of ether oxygens (including phenoxy) is 1. The van der Waals surface area contributed by atoms with Gasteiger partial charge in [0.1, 0.15) is 28.7 Å². The van der Waals surface area contributed by atoms with Crippen molar-refractivity contribution in [2.45, 2.75) is 37.0 Å². The second-order valence-electron chi connectivity index (χ2n) is 6.95. The molecule has 0 saturated carbocycles. The molecule has 3 rings (SSSR count). The van der Waals surface area contributed by atoms with E-state index in [9.17, 15) is 15.3 Å². The van der Waals surface area contributed by atoms with Crippen LogP contribution in [0.15, 0.2) is 23.2 Å². The molecule has 2 heterocycles. The fraction of sp³-hybridized carbons (Fsp3) is 0.286. The first-order chi connectivity index (χ1) is 14.8. The Bertz CT molecular complexity index is 1240. The van der Waals surface area contributed by atoms with E-state index in [-0.39, 0.29) is 28.8 Å². The zero-order valence-electron chi connectivity index (χ0n) is 17.4. The van der Waals surface area contributed by atoms with Gasteiger partial charge in [-0.05, 0) is 36.6 Å². The number of nitrogen functional groups attached to an aromatic ring is 1. The summed E-state index contributed by atoms with van der Waals surface area (Å²) in [7, 11) is 1.59. The Morgan fingerprint density at radius 1 is 1.23 bits per heavy atom. The van der Waals surface area contributed by atoms with Gasteiger partial charge in [0.05, 0.1) is 33.7 Å². The van der Waals surface area contributed by atoms with Gasteiger partial charge in [0.25, 0.3) is 0 Å². The minimum absolute atomic E-state index is 0.0560. The summed E-state index contributed by atoms with van der Waals surface area (Å²) in [5.74, 6) is 0.390. The molecule has 0 radical (unpaired) electrons. The van der Waals surface area contributed by atoms with Crippen LogP contribution in [0.25, 0.3) is 10.2 Å². The number of hydrogen-bond donors (Lipinski definition) is 2. The summed E-state index contributed by atoms with van der Waals surface area (Å²) < 4.78 is 6.11. The van der Waals surface area contributed by atoms with Crippen molar-refractivity contribution in [3.05, 3.63) is 34.9 Å². The van der Waals surface area contributed by atoms with E-state index in [0.717, 1.165) is 22.0 Å². The molecule has 1 aromatic carbocycles. The zero-order chi connectivity index (χ0) is 22.7. The number of fused-ring (bicyclic) bond motifs is 1. The molecule has 2 aromatic heterocycles. The zero-order valence-corrected chi connectivity index (χ0v) is 19.0. The number of methoxy groups -OCH3 is 1. The summed E-state index contributed by atoms with van der Waals surface area (Å²) in [4.78, 5) is 21.4. The quantitative estimate of drug-likeness (QED) is 0.529. The van der Waals surface area contributed by atoms with E-state index in [1.807, 2.05) is 38.1 Å². The number of aromatic nitrogens is 2. The Labute approximate surface area is 188 Å². The molecule has 0 fully saturated rings. The third-order valence-electron chi connectivity index (χ3n) is 4.52. The monoisotopic (exact) mass is 452 g/mol. The first-order valence-corrected chi connectivity index (χ1v) is 11.0. The summed E-state index contributed by atoms with van der Waals surface area (Å²) in [6, 6.07) is 9.65. The minimum Gasteiger partial charge on any atom is -0.497 e. The number of pyridine rings is 1. The van der Waals surface area contributed by atoms with Crippen molar-refractivity contribution >= 4 is 50.2 Å². The molecule has 0 spiro atoms. The number of nitrogens with zero attached hydrogens (tertiary/aromatic N) is 4. The molecule has 31 heavy (non-hydrogen) atoms. The average Bonchev–Trinajstić information content (AvgIpc) is 3.14. The Morgan fingerprint density at radius 2 is 1.94 bits per heavy atom. The molecule has 10 heteroatoms. The molecular formula is C21H20N6O2S2. The Morgan fingerprint density at radius 3 is 2.55 bits per heavy atom. The van der Waals surface area contributed by atoms with Crippen LogP contribution in [0, 0.1) is 22.7 Å². The highest BCUT2D eigenvalue weighted by molar-refractivity contribution is 8.00. The van der Waals surface area contributed by atoms with Gasteiger partial charge in [-0.3, -0.25) is 4.79 Å². The van der Waals surface area contributed by atoms with Crippen LogP contribution in [0.5, 0.6) is 5.75 Å². The lowest BCUT2D eigenvalue weighted by atomic mass is 9.94. The first-order valence-electron chi connectivity index (χ1n) is 9.34. The van der Waals surface area contributed by atoms with Crippen LogP contribution in [0.4, 0.5) is 10.9 Å². The minimum atomic E-state index is -0.575. The summed E-state index contributed by atoms with van der Waals surface area (Å²) in [6.45, 7) is 5.47. The number of carbonyl (C=O) groups is 1. The molecule has 0 aliphatic rings. The number of benzene rings is 1. The van der Waals surface area contributed by atoms with Crippen molar-refractivity contribution in [3.8, 4) is 17.9 Å². The van der Waals surface area contributed by atoms with E-state index in [0.29, 0.717) is 21.5 Å². The Hall–Kier alpha value is -3.34. The number of rotatable bonds is 6. The third kappa shape index (κ3) is 4.55. The summed E-state index contributed by atoms with van der Waals surface area (Å²) >= 11 is 2.47. The fourth-order valence-corrected chi connectivity index (χ4v) is 4.82. The number of amides is 1. The number of anilines is 2. The Kier molecular flexibility index (Phi) is 6.64. The maximum atomic E-state index is 12.8. The molecule has 0 saturated heterocycles. The van der Waals surface area contributed by atoms with E-state index in [2.05, 4.69) is 21.4 Å². The predicted octanol–water partition coefficient (Wildman–Crippen LogP) is 4.27. The molecule has 3 aromatic rings. The standard InChI is InChI=1S/C21H20N6O2S2/c1-10(2)17-13(8-22)18(24)26-20(14(17)9-23)30-11(3)19(28)27-21-25-15-6-5-12(29-4)7-16(15)31-21/h5-7,10-11H,1-4H3,(H2,24,26)(H,25,27,28). The number of nitrogens with two attached hydrogens (primary N) is 1. The number of nitrogens with one attached hydrogen (secondary N) is 1. The molecule has 1 amide bonds. The van der Waals surface area contributed by atoms with E-state index in [1.54, 1.807) is 14.0 Å². The molecule has 8 nitrogen and oxygen atoms in total. The van der Waals surface area contributed by atoms with Crippen molar-refractivity contribution in [2.24, 2.45) is 0 Å². The maximum absolute atomic E-state index is 12.8. The van der Waals surface area contributed by atoms with Crippen molar-refractivity contribution in [2.75, 3.05) is 18.2 Å². The largest absolute Gasteiger partial charge is 0.497 e. The lowest BCUT2D eigenvalue weighted by Crippen LogP contribution is -2.22. The second-order valence-corrected chi connectivity index (χ2v) is 9.31. The van der Waals surface area contributed by atoms with Crippen LogP contribution >= 0.6 is 23.1 Å². The predicted molar refractivity (Wildman–Crippen MR) is 122 cm³/mol. The second kappa shape index (κ2) is 9.21. The van der Waals surface area contributed by atoms with Crippen LogP contribution in [0.2, 0.25) is 0 Å². The van der Waals surface area contributed by atoms with Gasteiger partial charge in [0, 0.05) is 0 Å². The van der Waals surface area contributed by atoms with Crippen molar-refractivity contribution in [1.82, 2.24) is 9.97 Å². The number of thioether (sulfide) groups is 1. The number of nitriles is 2. The highest BCUT2D eigenvalue weighted by Gasteiger charge is 2.25. The van der Waals surface area contributed by atoms with Gasteiger partial charge in [-0.15, -0.1) is 0 Å². The fourth-order valence-electron chi connectivity index (χ4n) is 3.00. The van der Waals surface area contributed by atoms with Crippen LogP contribution in [-0.2, 0) is 4.79 Å². The average molecular weight is 453 g/mol. The third-order valence-corrected chi connectivity index (χ3v) is 6.53. The van der Waals surface area contributed by atoms with Gasteiger partial charge < -0.3 is 15.8 Å². The van der Waals surface area contributed by atoms with E-state index >= 15 is 0 Å². The lowest BCUT2D eigenvalue weighted by molar-refractivity contribution is -0.115. The van der Waals surface area contributed by atoms with E-state index in [4.69, 9.17) is 10.5 Å². The van der Waals surface area contributed by atoms with E-state index in [1.165, 1.54) is 11.3 Å². The van der Waals surface area contributed by atoms with Gasteiger partial charge in [-0.25, -0.2) is 9.97 Å². The van der Waals surface area contributed by atoms with Crippen LogP contribution in [-0.4, -0.2) is 28.2 Å². The molecule has 158 valence electrons. The van der Waals surface area contributed by atoms with Crippen molar-refractivity contribution in [1.29, 1.82) is 10.5 Å². The molecule has 1 unspecified atom stereocenters. The maximum Gasteiger partial charge on any atom is 0.239 e. The number of carbonyl (C=O) groups excluding carboxylic acids is 1. The number of thiazole rings is 1. The molecule has 0 bridgehead atoms. The summed E-state index contributed by atoms with van der Waals surface area (Å²) in [5.41, 5.74) is 7.75. The van der Waals surface area contributed by atoms with Crippen LogP contribution in [0.3, 0.4) is 0 Å². The van der Waals surface area contributed by atoms with Crippen molar-refractivity contribution in [3.63, 3.8) is 0 Å². The van der Waals surface area contributed by atoms with Gasteiger partial charge in [0.2, 0.25) is 5.91 Å². The van der Waals surface area contributed by atoms with Crippen molar-refractivity contribution < 1.29 is 9.53 Å². The van der Waals surface area contributed by atoms with Crippen LogP contribution < -0.4 is 15.8 Å². The molecule has 0 aliphatic carbocycles. The lowest BCUT2D eigenvalue weighted by Gasteiger charge is -2.17. The molecular weight excluding hydrogens is 432 g/mol. The summed E-state index contributed by atoms with van der Waals surface area (Å²) in [5, 5.41) is 22.2. The first kappa shape index (κ1) is 22.3. The summed E-state index contributed by atoms with van der Waals surface area (Å²) in [6.07, 6.45) is 0. The highest BCUT2D eigenvalue weighted by atomic mass is 32.2. The smallest absolute Gasteiger partial charge is 0.239 e. The highest BCUT2D eigenvalue weighted by Crippen LogP contribution is 2.35. The van der Waals surface area contributed by atoms with Gasteiger partial charge >= 0.3 is 0 Å². The molecule has 1 atom stereocenters. The van der Waals surface area contributed by atoms with Crippen LogP contribution in [0.1, 0.15) is 43.4 Å². The van der Waals surface area contributed by atoms with E-state index < -0.39 is 5.25 Å². The molecule has 3 N–H and O–H groups in total. The number of hydrogen-bond acceptors (Lipinski definition) is 9. The SMILES string of the molecule is COc1ccc2nc(NC(=O)C(C)Sc3nc(N)c(C#N)c(C(C)C)c3C#N)sc2c1. The van der Waals surface area contributed by atoms with Gasteiger partial charge in [-0.2, -0.15) is 10.5 Å². The van der Waals surface area contributed by atoms with Gasteiger partial charge in [-0.1, -0.05) is 36.9 Å². The normalized spacial score (nSPS) is 11.7. The Balaban J connectivity index is 1.84. The van der Waals surface area contributed by atoms with Gasteiger partial charge in [0.15, 0.2) is 5.13 Å².